The third-order valence-electron chi connectivity index (χ3n) is 2.34. The summed E-state index contributed by atoms with van der Waals surface area (Å²) < 4.78 is 0. The minimum Gasteiger partial charge on any atom is -0.384 e. The summed E-state index contributed by atoms with van der Waals surface area (Å²) in [6.45, 7) is 2.09. The van der Waals surface area contributed by atoms with Gasteiger partial charge in [-0.3, -0.25) is 4.79 Å². The summed E-state index contributed by atoms with van der Waals surface area (Å²) in [5, 5.41) is 2.91. The van der Waals surface area contributed by atoms with Crippen molar-refractivity contribution in [3.05, 3.63) is 46.6 Å². The molecule has 2 heterocycles. The van der Waals surface area contributed by atoms with Crippen molar-refractivity contribution in [2.75, 3.05) is 5.73 Å². The molecule has 0 aliphatic heterocycles. The van der Waals surface area contributed by atoms with Gasteiger partial charge in [-0.25, -0.2) is 15.0 Å². The average molecular weight is 278 g/mol. The summed E-state index contributed by atoms with van der Waals surface area (Å²) in [5.74, 6) is 0.575. The highest BCUT2D eigenvalue weighted by atomic mass is 35.5. The summed E-state index contributed by atoms with van der Waals surface area (Å²) in [4.78, 5) is 23.9. The van der Waals surface area contributed by atoms with E-state index in [0.29, 0.717) is 17.9 Å². The van der Waals surface area contributed by atoms with Gasteiger partial charge in [-0.15, -0.1) is 0 Å². The first-order valence-corrected chi connectivity index (χ1v) is 5.92. The lowest BCUT2D eigenvalue weighted by atomic mass is 10.2. The smallest absolute Gasteiger partial charge is 0.251 e. The van der Waals surface area contributed by atoms with Crippen molar-refractivity contribution in [1.29, 1.82) is 0 Å². The van der Waals surface area contributed by atoms with E-state index in [1.165, 1.54) is 12.1 Å². The number of rotatable bonds is 3. The van der Waals surface area contributed by atoms with Crippen molar-refractivity contribution < 1.29 is 4.79 Å². The summed E-state index contributed by atoms with van der Waals surface area (Å²) in [5.41, 5.74) is 6.62. The number of hydrogen-bond donors (Lipinski definition) is 2. The summed E-state index contributed by atoms with van der Waals surface area (Å²) in [6, 6.07) is 4.66. The van der Waals surface area contributed by atoms with Gasteiger partial charge in [-0.1, -0.05) is 11.6 Å². The number of nitrogens with two attached hydrogens (primary N) is 1. The lowest BCUT2D eigenvalue weighted by molar-refractivity contribution is 0.0950. The maximum atomic E-state index is 11.9. The number of nitrogens with zero attached hydrogens (tertiary/aromatic N) is 3. The molecule has 3 N–H and O–H groups in total. The first kappa shape index (κ1) is 13.2. The van der Waals surface area contributed by atoms with Crippen molar-refractivity contribution in [1.82, 2.24) is 20.3 Å². The standard InChI is InChI=1S/C12H12ClN5O/c1-7-15-3-2-9(17-7)6-16-12(19)8-4-10(13)18-11(14)5-8/h2-5H,6H2,1H3,(H2,14,18)(H,16,19). The summed E-state index contributed by atoms with van der Waals surface area (Å²) >= 11 is 5.74. The zero-order valence-electron chi connectivity index (χ0n) is 10.2. The van der Waals surface area contributed by atoms with Crippen LogP contribution in [0.1, 0.15) is 21.9 Å². The van der Waals surface area contributed by atoms with Crippen LogP contribution < -0.4 is 11.1 Å². The van der Waals surface area contributed by atoms with E-state index < -0.39 is 0 Å². The van der Waals surface area contributed by atoms with Crippen LogP contribution in [-0.2, 0) is 6.54 Å². The third-order valence-corrected chi connectivity index (χ3v) is 2.53. The van der Waals surface area contributed by atoms with Gasteiger partial charge in [0.1, 0.15) is 16.8 Å². The normalized spacial score (nSPS) is 10.2. The molecule has 7 heteroatoms. The number of halogens is 1. The van der Waals surface area contributed by atoms with Crippen LogP contribution in [0.2, 0.25) is 5.15 Å². The molecule has 19 heavy (non-hydrogen) atoms. The SMILES string of the molecule is Cc1nccc(CNC(=O)c2cc(N)nc(Cl)c2)n1. The molecule has 2 aromatic rings. The van der Waals surface area contributed by atoms with E-state index in [9.17, 15) is 4.79 Å². The van der Waals surface area contributed by atoms with E-state index >= 15 is 0 Å². The molecule has 0 bridgehead atoms. The number of aromatic nitrogens is 3. The maximum Gasteiger partial charge on any atom is 0.251 e. The molecule has 0 aromatic carbocycles. The molecule has 0 unspecified atom stereocenters. The van der Waals surface area contributed by atoms with Crippen molar-refractivity contribution in [3.8, 4) is 0 Å². The summed E-state index contributed by atoms with van der Waals surface area (Å²) in [7, 11) is 0. The van der Waals surface area contributed by atoms with Crippen molar-refractivity contribution in [2.45, 2.75) is 13.5 Å². The fourth-order valence-corrected chi connectivity index (χ4v) is 1.74. The summed E-state index contributed by atoms with van der Waals surface area (Å²) in [6.07, 6.45) is 1.64. The van der Waals surface area contributed by atoms with E-state index in [-0.39, 0.29) is 16.9 Å². The molecule has 98 valence electrons. The second-order valence-corrected chi connectivity index (χ2v) is 4.27. The predicted molar refractivity (Wildman–Crippen MR) is 71.6 cm³/mol. The fourth-order valence-electron chi connectivity index (χ4n) is 1.52. The predicted octanol–water partition coefficient (Wildman–Crippen LogP) is 1.35. The Balaban J connectivity index is 2.05. The van der Waals surface area contributed by atoms with Gasteiger partial charge in [0, 0.05) is 11.8 Å². The molecule has 0 atom stereocenters. The Morgan fingerprint density at radius 1 is 1.42 bits per heavy atom. The zero-order chi connectivity index (χ0) is 13.8. The van der Waals surface area contributed by atoms with Gasteiger partial charge in [-0.2, -0.15) is 0 Å². The van der Waals surface area contributed by atoms with Gasteiger partial charge in [0.2, 0.25) is 0 Å². The Hall–Kier alpha value is -2.21. The van der Waals surface area contributed by atoms with Crippen molar-refractivity contribution in [2.24, 2.45) is 0 Å². The van der Waals surface area contributed by atoms with E-state index in [1.807, 2.05) is 0 Å². The average Bonchev–Trinajstić information content (AvgIpc) is 2.35. The molecule has 1 amide bonds. The molecule has 6 nitrogen and oxygen atoms in total. The Labute approximate surface area is 115 Å². The number of nitrogens with one attached hydrogen (secondary N) is 1. The van der Waals surface area contributed by atoms with Crippen molar-refractivity contribution in [3.63, 3.8) is 0 Å². The van der Waals surface area contributed by atoms with Gasteiger partial charge in [0.15, 0.2) is 0 Å². The van der Waals surface area contributed by atoms with Crippen LogP contribution in [0.15, 0.2) is 24.4 Å². The third kappa shape index (κ3) is 3.62. The Morgan fingerprint density at radius 3 is 2.89 bits per heavy atom. The number of aryl methyl sites for hydroxylation is 1. The number of carbonyl (C=O) groups is 1. The van der Waals surface area contributed by atoms with Crippen LogP contribution in [-0.4, -0.2) is 20.9 Å². The first-order valence-electron chi connectivity index (χ1n) is 5.54. The molecular weight excluding hydrogens is 266 g/mol. The van der Waals surface area contributed by atoms with Crippen LogP contribution in [0.3, 0.4) is 0 Å². The van der Waals surface area contributed by atoms with Gasteiger partial charge < -0.3 is 11.1 Å². The molecule has 0 saturated heterocycles. The molecule has 0 spiro atoms. The second kappa shape index (κ2) is 5.62. The monoisotopic (exact) mass is 277 g/mol. The quantitative estimate of drug-likeness (QED) is 0.826. The Morgan fingerprint density at radius 2 is 2.21 bits per heavy atom. The highest BCUT2D eigenvalue weighted by Gasteiger charge is 2.08. The van der Waals surface area contributed by atoms with Crippen LogP contribution >= 0.6 is 11.6 Å². The van der Waals surface area contributed by atoms with E-state index in [1.54, 1.807) is 19.2 Å². The van der Waals surface area contributed by atoms with E-state index in [2.05, 4.69) is 20.3 Å². The number of hydrogen-bond acceptors (Lipinski definition) is 5. The highest BCUT2D eigenvalue weighted by molar-refractivity contribution is 6.29. The fraction of sp³-hybridized carbons (Fsp3) is 0.167. The molecule has 0 saturated carbocycles. The van der Waals surface area contributed by atoms with E-state index in [4.69, 9.17) is 17.3 Å². The van der Waals surface area contributed by atoms with Crippen LogP contribution in [0.5, 0.6) is 0 Å². The van der Waals surface area contributed by atoms with Crippen LogP contribution in [0.25, 0.3) is 0 Å². The Bertz CT molecular complexity index is 597. The molecule has 0 radical (unpaired) electrons. The minimum absolute atomic E-state index is 0.183. The first-order chi connectivity index (χ1) is 9.04. The number of amides is 1. The van der Waals surface area contributed by atoms with Gasteiger partial charge in [0.25, 0.3) is 5.91 Å². The highest BCUT2D eigenvalue weighted by Crippen LogP contribution is 2.12. The van der Waals surface area contributed by atoms with Gasteiger partial charge >= 0.3 is 0 Å². The number of nitrogen functional groups attached to an aromatic ring is 1. The lowest BCUT2D eigenvalue weighted by Crippen LogP contribution is -2.23. The van der Waals surface area contributed by atoms with Gasteiger partial charge in [0.05, 0.1) is 12.2 Å². The maximum absolute atomic E-state index is 11.9. The minimum atomic E-state index is -0.285. The molecule has 0 aliphatic carbocycles. The molecular formula is C12H12ClN5O. The number of pyridine rings is 1. The number of carbonyl (C=O) groups excluding carboxylic acids is 1. The second-order valence-electron chi connectivity index (χ2n) is 3.88. The molecule has 2 aromatic heterocycles. The van der Waals surface area contributed by atoms with E-state index in [0.717, 1.165) is 5.69 Å². The zero-order valence-corrected chi connectivity index (χ0v) is 11.0. The Kier molecular flexibility index (Phi) is 3.91. The molecule has 0 aliphatic rings. The van der Waals surface area contributed by atoms with Crippen LogP contribution in [0, 0.1) is 6.92 Å². The largest absolute Gasteiger partial charge is 0.384 e. The van der Waals surface area contributed by atoms with Crippen molar-refractivity contribution >= 4 is 23.3 Å². The van der Waals surface area contributed by atoms with Gasteiger partial charge in [-0.05, 0) is 25.1 Å². The molecule has 0 fully saturated rings. The number of anilines is 1. The topological polar surface area (TPSA) is 93.8 Å². The molecule has 2 rings (SSSR count). The lowest BCUT2D eigenvalue weighted by Gasteiger charge is -2.06. The van der Waals surface area contributed by atoms with Crippen LogP contribution in [0.4, 0.5) is 5.82 Å².